The first-order chi connectivity index (χ1) is 13.9. The van der Waals surface area contributed by atoms with Gasteiger partial charge in [-0.3, -0.25) is 0 Å². The third-order valence-corrected chi connectivity index (χ3v) is 5.99. The van der Waals surface area contributed by atoms with Gasteiger partial charge >= 0.3 is 0 Å². The van der Waals surface area contributed by atoms with Gasteiger partial charge in [0.25, 0.3) is 0 Å². The molecule has 1 aromatic rings. The van der Waals surface area contributed by atoms with Gasteiger partial charge in [-0.1, -0.05) is 109 Å². The molecule has 0 amide bonds. The maximum absolute atomic E-state index is 2.56. The molecule has 0 aromatic heterocycles. The molecule has 1 unspecified atom stereocenters. The number of hydrogen-bond donors (Lipinski definition) is 0. The fourth-order valence-electron chi connectivity index (χ4n) is 4.30. The number of para-hydroxylation sites is 1. The average molecular weight is 385 g/mol. The van der Waals surface area contributed by atoms with Crippen LogP contribution in [0.15, 0.2) is 42.7 Å². The molecule has 2 heteroatoms. The van der Waals surface area contributed by atoms with Gasteiger partial charge in [-0.05, 0) is 25.0 Å². The summed E-state index contributed by atoms with van der Waals surface area (Å²) in [6.45, 7) is 5.79. The Balaban J connectivity index is 1.54. The summed E-state index contributed by atoms with van der Waals surface area (Å²) >= 11 is 0. The zero-order valence-electron chi connectivity index (χ0n) is 18.6. The zero-order valence-corrected chi connectivity index (χ0v) is 18.6. The Morgan fingerprint density at radius 2 is 1.21 bits per heavy atom. The van der Waals surface area contributed by atoms with Crippen LogP contribution in [0.5, 0.6) is 0 Å². The summed E-state index contributed by atoms with van der Waals surface area (Å²) in [5, 5.41) is 0. The van der Waals surface area contributed by atoms with Crippen LogP contribution in [0, 0.1) is 0 Å². The van der Waals surface area contributed by atoms with Crippen LogP contribution in [0.1, 0.15) is 104 Å². The van der Waals surface area contributed by atoms with Crippen LogP contribution in [0.25, 0.3) is 0 Å². The fraction of sp³-hybridized carbons (Fsp3) is 0.692. The lowest BCUT2D eigenvalue weighted by atomic mass is 10.1. The highest BCUT2D eigenvalue weighted by Crippen LogP contribution is 2.27. The molecule has 0 fully saturated rings. The maximum atomic E-state index is 2.56. The van der Waals surface area contributed by atoms with Crippen molar-refractivity contribution in [2.45, 2.75) is 110 Å². The highest BCUT2D eigenvalue weighted by Gasteiger charge is 2.25. The predicted molar refractivity (Wildman–Crippen MR) is 125 cm³/mol. The molecule has 1 heterocycles. The van der Waals surface area contributed by atoms with E-state index >= 15 is 0 Å². The minimum atomic E-state index is 0.500. The van der Waals surface area contributed by atoms with E-state index in [9.17, 15) is 0 Å². The number of hydrogen-bond acceptors (Lipinski definition) is 2. The number of benzene rings is 1. The van der Waals surface area contributed by atoms with Crippen molar-refractivity contribution >= 4 is 5.69 Å². The van der Waals surface area contributed by atoms with Crippen LogP contribution in [-0.4, -0.2) is 17.6 Å². The lowest BCUT2D eigenvalue weighted by molar-refractivity contribution is 0.277. The van der Waals surface area contributed by atoms with E-state index in [1.54, 1.807) is 0 Å². The van der Waals surface area contributed by atoms with Gasteiger partial charge in [0.05, 0.1) is 0 Å². The SMILES string of the molecule is CCCCCCCCCCCCCCN1C=CN(c2ccccc2)C1CCC. The molecular weight excluding hydrogens is 340 g/mol. The van der Waals surface area contributed by atoms with E-state index in [4.69, 9.17) is 0 Å². The molecule has 0 radical (unpaired) electrons. The van der Waals surface area contributed by atoms with Crippen LogP contribution in [0.3, 0.4) is 0 Å². The van der Waals surface area contributed by atoms with Crippen molar-refractivity contribution in [3.63, 3.8) is 0 Å². The van der Waals surface area contributed by atoms with Crippen molar-refractivity contribution in [1.29, 1.82) is 0 Å². The highest BCUT2D eigenvalue weighted by molar-refractivity contribution is 5.51. The quantitative estimate of drug-likeness (QED) is 0.266. The van der Waals surface area contributed by atoms with Gasteiger partial charge in [0.15, 0.2) is 0 Å². The standard InChI is InChI=1S/C26H44N2/c1-3-5-6-7-8-9-10-11-12-13-14-18-22-27-23-24-28(26(27)19-4-2)25-20-16-15-17-21-25/h15-17,20-21,23-24,26H,3-14,18-19,22H2,1-2H3. The van der Waals surface area contributed by atoms with Gasteiger partial charge in [-0.15, -0.1) is 0 Å². The van der Waals surface area contributed by atoms with E-state index < -0.39 is 0 Å². The largest absolute Gasteiger partial charge is 0.356 e. The molecule has 0 bridgehead atoms. The summed E-state index contributed by atoms with van der Waals surface area (Å²) in [4.78, 5) is 5.01. The Morgan fingerprint density at radius 3 is 1.79 bits per heavy atom. The number of rotatable bonds is 16. The monoisotopic (exact) mass is 384 g/mol. The van der Waals surface area contributed by atoms with E-state index in [1.165, 1.54) is 102 Å². The first-order valence-electron chi connectivity index (χ1n) is 12.1. The van der Waals surface area contributed by atoms with E-state index in [0.717, 1.165) is 0 Å². The molecule has 0 saturated heterocycles. The summed E-state index contributed by atoms with van der Waals surface area (Å²) in [5.41, 5.74) is 1.31. The van der Waals surface area contributed by atoms with Crippen LogP contribution >= 0.6 is 0 Å². The van der Waals surface area contributed by atoms with Crippen molar-refractivity contribution in [1.82, 2.24) is 4.90 Å². The van der Waals surface area contributed by atoms with Gasteiger partial charge in [-0.2, -0.15) is 0 Å². The van der Waals surface area contributed by atoms with Crippen LogP contribution in [0.4, 0.5) is 5.69 Å². The fourth-order valence-corrected chi connectivity index (χ4v) is 4.30. The summed E-state index contributed by atoms with van der Waals surface area (Å²) in [5.74, 6) is 0. The molecule has 0 spiro atoms. The summed E-state index contributed by atoms with van der Waals surface area (Å²) < 4.78 is 0. The minimum absolute atomic E-state index is 0.500. The zero-order chi connectivity index (χ0) is 19.9. The van der Waals surface area contributed by atoms with Crippen molar-refractivity contribution in [3.05, 3.63) is 42.7 Å². The van der Waals surface area contributed by atoms with Gasteiger partial charge in [0.1, 0.15) is 6.17 Å². The molecule has 1 aliphatic heterocycles. The average Bonchev–Trinajstić information content (AvgIpc) is 3.12. The van der Waals surface area contributed by atoms with Gasteiger partial charge in [0.2, 0.25) is 0 Å². The van der Waals surface area contributed by atoms with E-state index in [-0.39, 0.29) is 0 Å². The molecule has 28 heavy (non-hydrogen) atoms. The van der Waals surface area contributed by atoms with Crippen LogP contribution in [0.2, 0.25) is 0 Å². The second-order valence-electron chi connectivity index (χ2n) is 8.44. The second-order valence-corrected chi connectivity index (χ2v) is 8.44. The normalized spacial score (nSPS) is 16.3. The number of unbranched alkanes of at least 4 members (excludes halogenated alkanes) is 11. The van der Waals surface area contributed by atoms with Gasteiger partial charge < -0.3 is 9.80 Å². The highest BCUT2D eigenvalue weighted by atomic mass is 15.4. The van der Waals surface area contributed by atoms with Crippen molar-refractivity contribution in [2.24, 2.45) is 0 Å². The van der Waals surface area contributed by atoms with Crippen LogP contribution in [-0.2, 0) is 0 Å². The Kier molecular flexibility index (Phi) is 11.9. The number of anilines is 1. The summed E-state index contributed by atoms with van der Waals surface area (Å²) in [6, 6.07) is 10.8. The molecule has 1 aromatic carbocycles. The molecule has 1 aliphatic rings. The van der Waals surface area contributed by atoms with Gasteiger partial charge in [-0.25, -0.2) is 0 Å². The predicted octanol–water partition coefficient (Wildman–Crippen LogP) is 8.11. The van der Waals surface area contributed by atoms with E-state index in [2.05, 4.69) is 66.4 Å². The summed E-state index contributed by atoms with van der Waals surface area (Å²) in [7, 11) is 0. The molecule has 0 aliphatic carbocycles. The first-order valence-corrected chi connectivity index (χ1v) is 12.1. The molecular formula is C26H44N2. The van der Waals surface area contributed by atoms with Crippen LogP contribution < -0.4 is 4.90 Å². The third-order valence-electron chi connectivity index (χ3n) is 5.99. The minimum Gasteiger partial charge on any atom is -0.356 e. The van der Waals surface area contributed by atoms with Crippen molar-refractivity contribution in [2.75, 3.05) is 11.4 Å². The van der Waals surface area contributed by atoms with E-state index in [1.807, 2.05) is 0 Å². The smallest absolute Gasteiger partial charge is 0.105 e. The second kappa shape index (κ2) is 14.5. The van der Waals surface area contributed by atoms with Gasteiger partial charge in [0, 0.05) is 24.6 Å². The summed E-state index contributed by atoms with van der Waals surface area (Å²) in [6.07, 6.45) is 24.6. The lowest BCUT2D eigenvalue weighted by Crippen LogP contribution is -2.39. The topological polar surface area (TPSA) is 6.48 Å². The maximum Gasteiger partial charge on any atom is 0.105 e. The number of nitrogens with zero attached hydrogens (tertiary/aromatic N) is 2. The van der Waals surface area contributed by atoms with Crippen molar-refractivity contribution in [3.8, 4) is 0 Å². The molecule has 0 saturated carbocycles. The molecule has 2 rings (SSSR count). The Morgan fingerprint density at radius 1 is 0.643 bits per heavy atom. The molecule has 1 atom stereocenters. The van der Waals surface area contributed by atoms with E-state index in [0.29, 0.717) is 6.17 Å². The molecule has 158 valence electrons. The Hall–Kier alpha value is -1.44. The Bertz CT molecular complexity index is 510. The lowest BCUT2D eigenvalue weighted by Gasteiger charge is -2.32. The van der Waals surface area contributed by atoms with Crippen molar-refractivity contribution < 1.29 is 0 Å². The first kappa shape index (κ1) is 22.8. The molecule has 2 nitrogen and oxygen atoms in total. The molecule has 0 N–H and O–H groups in total. The Labute approximate surface area is 175 Å². The third kappa shape index (κ3) is 8.29.